The number of esters is 1. The molecule has 4 N–H and O–H groups in total. The lowest BCUT2D eigenvalue weighted by molar-refractivity contribution is -0.110. The van der Waals surface area contributed by atoms with Gasteiger partial charge in [0.05, 0.1) is 23.4 Å². The van der Waals surface area contributed by atoms with Crippen molar-refractivity contribution in [2.24, 2.45) is 5.73 Å². The van der Waals surface area contributed by atoms with Crippen molar-refractivity contribution in [1.29, 1.82) is 0 Å². The maximum atomic E-state index is 12.9. The highest BCUT2D eigenvalue weighted by atomic mass is 16.5. The van der Waals surface area contributed by atoms with Crippen LogP contribution in [0.15, 0.2) is 72.8 Å². The first-order valence-corrected chi connectivity index (χ1v) is 10.1. The first-order valence-electron chi connectivity index (χ1n) is 10.1. The number of hydrogen-bond acceptors (Lipinski definition) is 5. The SMILES string of the molecule is CCOC(=O)c1ccc(N/C(=C2\C(=O)Nc3cc(C(N)=O)ccc32)c2ccccc2)cc1. The third kappa shape index (κ3) is 4.09. The van der Waals surface area contributed by atoms with Crippen LogP contribution in [0.5, 0.6) is 0 Å². The Kier molecular flexibility index (Phi) is 5.72. The number of nitrogens with one attached hydrogen (secondary N) is 2. The molecular formula is C25H21N3O4. The summed E-state index contributed by atoms with van der Waals surface area (Å²) in [6, 6.07) is 21.1. The van der Waals surface area contributed by atoms with Crippen LogP contribution in [0.2, 0.25) is 0 Å². The van der Waals surface area contributed by atoms with Crippen LogP contribution in [-0.4, -0.2) is 24.4 Å². The van der Waals surface area contributed by atoms with Crippen molar-refractivity contribution in [2.75, 3.05) is 17.2 Å². The topological polar surface area (TPSA) is 111 Å². The second-order valence-electron chi connectivity index (χ2n) is 7.12. The van der Waals surface area contributed by atoms with Crippen molar-refractivity contribution in [3.05, 3.63) is 95.1 Å². The van der Waals surface area contributed by atoms with E-state index >= 15 is 0 Å². The number of primary amides is 1. The fraction of sp³-hybridized carbons (Fsp3) is 0.0800. The van der Waals surface area contributed by atoms with Gasteiger partial charge in [0.15, 0.2) is 0 Å². The summed E-state index contributed by atoms with van der Waals surface area (Å²) in [6.07, 6.45) is 0. The number of carbonyl (C=O) groups excluding carboxylic acids is 3. The average molecular weight is 427 g/mol. The maximum absolute atomic E-state index is 12.9. The van der Waals surface area contributed by atoms with E-state index in [1.165, 1.54) is 0 Å². The van der Waals surface area contributed by atoms with E-state index in [4.69, 9.17) is 10.5 Å². The van der Waals surface area contributed by atoms with Crippen molar-refractivity contribution < 1.29 is 19.1 Å². The molecule has 0 saturated carbocycles. The molecule has 0 aromatic heterocycles. The summed E-state index contributed by atoms with van der Waals surface area (Å²) in [6.45, 7) is 2.05. The third-order valence-corrected chi connectivity index (χ3v) is 5.03. The second-order valence-corrected chi connectivity index (χ2v) is 7.12. The van der Waals surface area contributed by atoms with E-state index in [9.17, 15) is 14.4 Å². The lowest BCUT2D eigenvalue weighted by Crippen LogP contribution is -2.11. The summed E-state index contributed by atoms with van der Waals surface area (Å²) in [5.74, 6) is -1.26. The molecule has 2 amide bonds. The van der Waals surface area contributed by atoms with Gasteiger partial charge in [-0.05, 0) is 48.9 Å². The number of hydrogen-bond donors (Lipinski definition) is 3. The number of amides is 2. The monoisotopic (exact) mass is 427 g/mol. The zero-order valence-corrected chi connectivity index (χ0v) is 17.3. The Morgan fingerprint density at radius 1 is 0.938 bits per heavy atom. The number of ether oxygens (including phenoxy) is 1. The Morgan fingerprint density at radius 2 is 1.62 bits per heavy atom. The van der Waals surface area contributed by atoms with Gasteiger partial charge < -0.3 is 21.1 Å². The van der Waals surface area contributed by atoms with Crippen molar-refractivity contribution in [3.8, 4) is 0 Å². The summed E-state index contributed by atoms with van der Waals surface area (Å²) in [7, 11) is 0. The molecule has 0 atom stereocenters. The van der Waals surface area contributed by atoms with E-state index in [1.807, 2.05) is 30.3 Å². The predicted octanol–water partition coefficient (Wildman–Crippen LogP) is 3.89. The van der Waals surface area contributed by atoms with Crippen LogP contribution in [0.3, 0.4) is 0 Å². The summed E-state index contributed by atoms with van der Waals surface area (Å²) in [5, 5.41) is 6.13. The van der Waals surface area contributed by atoms with Crippen LogP contribution in [0.4, 0.5) is 11.4 Å². The van der Waals surface area contributed by atoms with Crippen LogP contribution in [0.1, 0.15) is 38.8 Å². The van der Waals surface area contributed by atoms with E-state index in [0.717, 1.165) is 5.56 Å². The van der Waals surface area contributed by atoms with Gasteiger partial charge in [0.25, 0.3) is 5.91 Å². The van der Waals surface area contributed by atoms with E-state index in [2.05, 4.69) is 10.6 Å². The minimum absolute atomic E-state index is 0.295. The van der Waals surface area contributed by atoms with Crippen LogP contribution >= 0.6 is 0 Å². The van der Waals surface area contributed by atoms with Crippen LogP contribution in [0.25, 0.3) is 11.3 Å². The van der Waals surface area contributed by atoms with Gasteiger partial charge in [-0.3, -0.25) is 9.59 Å². The Bertz CT molecular complexity index is 1230. The number of benzene rings is 3. The second kappa shape index (κ2) is 8.77. The molecule has 7 nitrogen and oxygen atoms in total. The quantitative estimate of drug-likeness (QED) is 0.408. The zero-order valence-electron chi connectivity index (χ0n) is 17.3. The molecule has 4 rings (SSSR count). The van der Waals surface area contributed by atoms with Gasteiger partial charge in [0, 0.05) is 22.5 Å². The van der Waals surface area contributed by atoms with Crippen molar-refractivity contribution in [2.45, 2.75) is 6.92 Å². The highest BCUT2D eigenvalue weighted by Gasteiger charge is 2.29. The normalized spacial score (nSPS) is 13.7. The summed E-state index contributed by atoms with van der Waals surface area (Å²) >= 11 is 0. The molecule has 0 bridgehead atoms. The zero-order chi connectivity index (χ0) is 22.7. The minimum atomic E-state index is -0.567. The van der Waals surface area contributed by atoms with Crippen molar-refractivity contribution in [3.63, 3.8) is 0 Å². The van der Waals surface area contributed by atoms with E-state index < -0.39 is 11.9 Å². The fourth-order valence-electron chi connectivity index (χ4n) is 3.51. The van der Waals surface area contributed by atoms with E-state index in [-0.39, 0.29) is 5.91 Å². The van der Waals surface area contributed by atoms with Gasteiger partial charge in [0.2, 0.25) is 5.91 Å². The molecule has 1 aliphatic rings. The van der Waals surface area contributed by atoms with Gasteiger partial charge in [-0.2, -0.15) is 0 Å². The molecule has 0 unspecified atom stereocenters. The smallest absolute Gasteiger partial charge is 0.338 e. The molecule has 0 radical (unpaired) electrons. The largest absolute Gasteiger partial charge is 0.462 e. The molecule has 0 fully saturated rings. The van der Waals surface area contributed by atoms with Crippen LogP contribution < -0.4 is 16.4 Å². The Hall–Kier alpha value is -4.39. The number of nitrogens with two attached hydrogens (primary N) is 1. The van der Waals surface area contributed by atoms with Gasteiger partial charge in [0.1, 0.15) is 0 Å². The highest BCUT2D eigenvalue weighted by molar-refractivity contribution is 6.37. The minimum Gasteiger partial charge on any atom is -0.462 e. The Balaban J connectivity index is 1.78. The molecular weight excluding hydrogens is 406 g/mol. The molecule has 3 aromatic rings. The van der Waals surface area contributed by atoms with Gasteiger partial charge in [-0.25, -0.2) is 4.79 Å². The highest BCUT2D eigenvalue weighted by Crippen LogP contribution is 2.38. The standard InChI is InChI=1S/C25H21N3O4/c1-2-32-25(31)16-8-11-18(12-9-16)27-22(15-6-4-3-5-7-15)21-19-13-10-17(23(26)29)14-20(19)28-24(21)30/h3-14,27H,2H2,1H3,(H2,26,29)(H,28,30)/b22-21-. The van der Waals surface area contributed by atoms with Crippen molar-refractivity contribution in [1.82, 2.24) is 0 Å². The molecule has 0 spiro atoms. The lowest BCUT2D eigenvalue weighted by Gasteiger charge is -2.15. The molecule has 1 heterocycles. The number of rotatable bonds is 6. The molecule has 0 saturated heterocycles. The number of fused-ring (bicyclic) bond motifs is 1. The Labute approximate surface area is 184 Å². The fourth-order valence-corrected chi connectivity index (χ4v) is 3.51. The predicted molar refractivity (Wildman–Crippen MR) is 123 cm³/mol. The third-order valence-electron chi connectivity index (χ3n) is 5.03. The molecule has 7 heteroatoms. The van der Waals surface area contributed by atoms with Crippen LogP contribution in [-0.2, 0) is 9.53 Å². The molecule has 160 valence electrons. The molecule has 32 heavy (non-hydrogen) atoms. The number of carbonyl (C=O) groups is 3. The van der Waals surface area contributed by atoms with Gasteiger partial charge in [-0.1, -0.05) is 36.4 Å². The van der Waals surface area contributed by atoms with Crippen LogP contribution in [0, 0.1) is 0 Å². The van der Waals surface area contributed by atoms with Crippen molar-refractivity contribution >= 4 is 40.4 Å². The summed E-state index contributed by atoms with van der Waals surface area (Å²) in [4.78, 5) is 36.4. The average Bonchev–Trinajstić information content (AvgIpc) is 3.13. The molecule has 1 aliphatic heterocycles. The first kappa shape index (κ1) is 20.9. The summed E-state index contributed by atoms with van der Waals surface area (Å²) in [5.41, 5.74) is 9.85. The molecule has 0 aliphatic carbocycles. The van der Waals surface area contributed by atoms with Gasteiger partial charge in [-0.15, -0.1) is 0 Å². The maximum Gasteiger partial charge on any atom is 0.338 e. The summed E-state index contributed by atoms with van der Waals surface area (Å²) < 4.78 is 5.02. The van der Waals surface area contributed by atoms with Gasteiger partial charge >= 0.3 is 5.97 Å². The van der Waals surface area contributed by atoms with E-state index in [1.54, 1.807) is 49.4 Å². The first-order chi connectivity index (χ1) is 15.5. The van der Waals surface area contributed by atoms with E-state index in [0.29, 0.717) is 45.9 Å². The Morgan fingerprint density at radius 3 is 2.28 bits per heavy atom. The lowest BCUT2D eigenvalue weighted by atomic mass is 9.99. The molecule has 3 aromatic carbocycles. The number of anilines is 2.